The lowest BCUT2D eigenvalue weighted by atomic mass is 9.97. The van der Waals surface area contributed by atoms with Crippen molar-refractivity contribution in [3.05, 3.63) is 29.3 Å². The van der Waals surface area contributed by atoms with E-state index in [-0.39, 0.29) is 0 Å². The fraction of sp³-hybridized carbons (Fsp3) is 0.562. The molecule has 2 rings (SSSR count). The molecule has 0 spiro atoms. The van der Waals surface area contributed by atoms with E-state index in [4.69, 9.17) is 9.84 Å². The number of hydrogen-bond donors (Lipinski definition) is 1. The average Bonchev–Trinajstić information content (AvgIpc) is 2.43. The molecule has 3 nitrogen and oxygen atoms in total. The van der Waals surface area contributed by atoms with E-state index in [9.17, 15) is 4.79 Å². The summed E-state index contributed by atoms with van der Waals surface area (Å²) in [7, 11) is 0. The number of aryl methyl sites for hydroxylation is 1. The van der Waals surface area contributed by atoms with Gasteiger partial charge in [-0.1, -0.05) is 26.2 Å². The van der Waals surface area contributed by atoms with Crippen molar-refractivity contribution in [2.75, 3.05) is 0 Å². The molecule has 1 aliphatic heterocycles. The summed E-state index contributed by atoms with van der Waals surface area (Å²) >= 11 is 0. The number of fused-ring (bicyclic) bond motifs is 1. The second-order valence-electron chi connectivity index (χ2n) is 5.26. The molecule has 0 aromatic heterocycles. The van der Waals surface area contributed by atoms with E-state index < -0.39 is 5.97 Å². The van der Waals surface area contributed by atoms with Crippen LogP contribution < -0.4 is 4.74 Å². The van der Waals surface area contributed by atoms with Crippen LogP contribution in [0.3, 0.4) is 0 Å². The van der Waals surface area contributed by atoms with Crippen molar-refractivity contribution in [2.24, 2.45) is 0 Å². The van der Waals surface area contributed by atoms with E-state index in [0.717, 1.165) is 30.6 Å². The Morgan fingerprint density at radius 1 is 1.37 bits per heavy atom. The van der Waals surface area contributed by atoms with Gasteiger partial charge in [0.1, 0.15) is 5.75 Å². The van der Waals surface area contributed by atoms with Gasteiger partial charge in [0.15, 0.2) is 0 Å². The van der Waals surface area contributed by atoms with Crippen molar-refractivity contribution in [3.8, 4) is 5.75 Å². The third-order valence-corrected chi connectivity index (χ3v) is 3.72. The van der Waals surface area contributed by atoms with Crippen molar-refractivity contribution < 1.29 is 14.6 Å². The molecule has 0 saturated heterocycles. The zero-order valence-electron chi connectivity index (χ0n) is 11.5. The summed E-state index contributed by atoms with van der Waals surface area (Å²) in [6.45, 7) is 2.22. The molecule has 0 bridgehead atoms. The standard InChI is InChI=1S/C16H22O3/c1-2-3-4-5-6-14-9-7-12-11-13(16(17)18)8-10-15(12)19-14/h8,10-11,14H,2-7,9H2,1H3,(H,17,18)/t14-/m1/s1. The molecular weight excluding hydrogens is 240 g/mol. The van der Waals surface area contributed by atoms with Gasteiger partial charge in [-0.15, -0.1) is 0 Å². The third-order valence-electron chi connectivity index (χ3n) is 3.72. The van der Waals surface area contributed by atoms with Crippen LogP contribution in [-0.4, -0.2) is 17.2 Å². The van der Waals surface area contributed by atoms with Gasteiger partial charge >= 0.3 is 5.97 Å². The fourth-order valence-electron chi connectivity index (χ4n) is 2.58. The first-order chi connectivity index (χ1) is 9.20. The number of aromatic carboxylic acids is 1. The van der Waals surface area contributed by atoms with Crippen LogP contribution in [-0.2, 0) is 6.42 Å². The molecule has 1 aliphatic rings. The number of unbranched alkanes of at least 4 members (excludes halogenated alkanes) is 3. The van der Waals surface area contributed by atoms with Crippen molar-refractivity contribution in [2.45, 2.75) is 58.0 Å². The molecular formula is C16H22O3. The summed E-state index contributed by atoms with van der Waals surface area (Å²) in [5, 5.41) is 8.96. The number of rotatable bonds is 6. The van der Waals surface area contributed by atoms with Gasteiger partial charge in [0, 0.05) is 0 Å². The molecule has 1 heterocycles. The highest BCUT2D eigenvalue weighted by atomic mass is 16.5. The lowest BCUT2D eigenvalue weighted by Gasteiger charge is -2.26. The maximum absolute atomic E-state index is 10.9. The van der Waals surface area contributed by atoms with Crippen molar-refractivity contribution in [3.63, 3.8) is 0 Å². The Morgan fingerprint density at radius 3 is 2.95 bits per heavy atom. The Labute approximate surface area is 114 Å². The van der Waals surface area contributed by atoms with Crippen molar-refractivity contribution in [1.82, 2.24) is 0 Å². The van der Waals surface area contributed by atoms with E-state index in [1.165, 1.54) is 25.7 Å². The Balaban J connectivity index is 1.91. The molecule has 3 heteroatoms. The summed E-state index contributed by atoms with van der Waals surface area (Å²) in [4.78, 5) is 10.9. The second-order valence-corrected chi connectivity index (χ2v) is 5.26. The van der Waals surface area contributed by atoms with Crippen molar-refractivity contribution in [1.29, 1.82) is 0 Å². The minimum absolute atomic E-state index is 0.306. The van der Waals surface area contributed by atoms with Crippen LogP contribution >= 0.6 is 0 Å². The monoisotopic (exact) mass is 262 g/mol. The molecule has 1 atom stereocenters. The van der Waals surface area contributed by atoms with Crippen LogP contribution in [0.1, 0.15) is 61.4 Å². The van der Waals surface area contributed by atoms with Gasteiger partial charge in [0.2, 0.25) is 0 Å². The van der Waals surface area contributed by atoms with Gasteiger partial charge in [-0.05, 0) is 49.4 Å². The summed E-state index contributed by atoms with van der Waals surface area (Å²) in [5.74, 6) is 0.00114. The topological polar surface area (TPSA) is 46.5 Å². The van der Waals surface area contributed by atoms with Crippen LogP contribution in [0.5, 0.6) is 5.75 Å². The predicted octanol–water partition coefficient (Wildman–Crippen LogP) is 4.05. The third kappa shape index (κ3) is 3.72. The number of benzene rings is 1. The van der Waals surface area contributed by atoms with E-state index in [2.05, 4.69) is 6.92 Å². The maximum atomic E-state index is 10.9. The van der Waals surface area contributed by atoms with Crippen LogP contribution in [0, 0.1) is 0 Å². The highest BCUT2D eigenvalue weighted by Gasteiger charge is 2.20. The van der Waals surface area contributed by atoms with E-state index in [1.807, 2.05) is 0 Å². The van der Waals surface area contributed by atoms with Gasteiger partial charge in [0.05, 0.1) is 11.7 Å². The first-order valence-electron chi connectivity index (χ1n) is 7.23. The summed E-state index contributed by atoms with van der Waals surface area (Å²) in [6.07, 6.45) is 8.40. The summed E-state index contributed by atoms with van der Waals surface area (Å²) in [6, 6.07) is 5.17. The van der Waals surface area contributed by atoms with Gasteiger partial charge < -0.3 is 9.84 Å². The van der Waals surface area contributed by atoms with Crippen LogP contribution in [0.25, 0.3) is 0 Å². The van der Waals surface area contributed by atoms with Crippen LogP contribution in [0.4, 0.5) is 0 Å². The van der Waals surface area contributed by atoms with Gasteiger partial charge in [-0.2, -0.15) is 0 Å². The molecule has 0 unspecified atom stereocenters. The molecule has 1 N–H and O–H groups in total. The smallest absolute Gasteiger partial charge is 0.335 e. The quantitative estimate of drug-likeness (QED) is 0.787. The number of carboxylic acid groups (broad SMARTS) is 1. The molecule has 104 valence electrons. The lowest BCUT2D eigenvalue weighted by Crippen LogP contribution is -2.22. The number of carboxylic acids is 1. The Morgan fingerprint density at radius 2 is 2.21 bits per heavy atom. The zero-order chi connectivity index (χ0) is 13.7. The number of ether oxygens (including phenoxy) is 1. The Hall–Kier alpha value is -1.51. The normalized spacial score (nSPS) is 17.6. The molecule has 1 aromatic rings. The van der Waals surface area contributed by atoms with Crippen LogP contribution in [0.2, 0.25) is 0 Å². The molecule has 0 fully saturated rings. The summed E-state index contributed by atoms with van der Waals surface area (Å²) in [5.41, 5.74) is 1.38. The fourth-order valence-corrected chi connectivity index (χ4v) is 2.58. The highest BCUT2D eigenvalue weighted by molar-refractivity contribution is 5.88. The Kier molecular flexibility index (Phi) is 4.83. The molecule has 19 heavy (non-hydrogen) atoms. The van der Waals surface area contributed by atoms with E-state index in [1.54, 1.807) is 18.2 Å². The number of carbonyl (C=O) groups is 1. The number of hydrogen-bond acceptors (Lipinski definition) is 2. The van der Waals surface area contributed by atoms with Gasteiger partial charge in [0.25, 0.3) is 0 Å². The van der Waals surface area contributed by atoms with Crippen LogP contribution in [0.15, 0.2) is 18.2 Å². The predicted molar refractivity (Wildman–Crippen MR) is 74.9 cm³/mol. The maximum Gasteiger partial charge on any atom is 0.335 e. The largest absolute Gasteiger partial charge is 0.490 e. The SMILES string of the molecule is CCCCCC[C@@H]1CCc2cc(C(=O)O)ccc2O1. The molecule has 0 aliphatic carbocycles. The first kappa shape index (κ1) is 13.9. The molecule has 0 amide bonds. The first-order valence-corrected chi connectivity index (χ1v) is 7.23. The lowest BCUT2D eigenvalue weighted by molar-refractivity contribution is 0.0696. The minimum atomic E-state index is -0.871. The average molecular weight is 262 g/mol. The van der Waals surface area contributed by atoms with Gasteiger partial charge in [-0.25, -0.2) is 4.79 Å². The van der Waals surface area contributed by atoms with Gasteiger partial charge in [-0.3, -0.25) is 0 Å². The van der Waals surface area contributed by atoms with E-state index >= 15 is 0 Å². The highest BCUT2D eigenvalue weighted by Crippen LogP contribution is 2.30. The summed E-state index contributed by atoms with van der Waals surface area (Å²) < 4.78 is 5.95. The minimum Gasteiger partial charge on any atom is -0.490 e. The molecule has 0 saturated carbocycles. The van der Waals surface area contributed by atoms with E-state index in [0.29, 0.717) is 11.7 Å². The molecule has 0 radical (unpaired) electrons. The zero-order valence-corrected chi connectivity index (χ0v) is 11.5. The Bertz CT molecular complexity index is 440. The van der Waals surface area contributed by atoms with Crippen molar-refractivity contribution >= 4 is 5.97 Å². The second kappa shape index (κ2) is 6.60. The molecule has 1 aromatic carbocycles.